The molecule has 0 saturated heterocycles. The van der Waals surface area contributed by atoms with Gasteiger partial charge in [-0.2, -0.15) is 5.10 Å². The van der Waals surface area contributed by atoms with E-state index >= 15 is 0 Å². The van der Waals surface area contributed by atoms with E-state index in [1.165, 1.54) is 0 Å². The predicted molar refractivity (Wildman–Crippen MR) is 69.7 cm³/mol. The van der Waals surface area contributed by atoms with Crippen molar-refractivity contribution in [3.8, 4) is 0 Å². The highest BCUT2D eigenvalue weighted by atomic mass is 16.2. The second kappa shape index (κ2) is 4.72. The first-order chi connectivity index (χ1) is 8.56. The zero-order valence-electron chi connectivity index (χ0n) is 10.5. The zero-order chi connectivity index (χ0) is 13.3. The van der Waals surface area contributed by atoms with Gasteiger partial charge in [0.2, 0.25) is 0 Å². The maximum atomic E-state index is 12.2. The van der Waals surface area contributed by atoms with Crippen molar-refractivity contribution in [2.45, 2.75) is 20.3 Å². The smallest absolute Gasteiger partial charge is 0.180 e. The van der Waals surface area contributed by atoms with Gasteiger partial charge in [0.05, 0.1) is 5.71 Å². The number of ketones is 2. The first-order valence-corrected chi connectivity index (χ1v) is 6.00. The number of rotatable bonds is 3. The molecule has 0 atom stereocenters. The number of benzene rings is 1. The average Bonchev–Trinajstić information content (AvgIpc) is 2.60. The maximum Gasteiger partial charge on any atom is 0.180 e. The Hall–Kier alpha value is -1.97. The second-order valence-corrected chi connectivity index (χ2v) is 4.93. The Morgan fingerprint density at radius 2 is 1.72 bits per heavy atom. The standard InChI is InChI=1S/C14H16N2O2/c1-8(2)7-11(16-15)12-13(17)9-5-3-4-6-10(9)14(12)18/h3-6,8,12H,7,15H2,1-2H3/b16-11+. The highest BCUT2D eigenvalue weighted by Gasteiger charge is 2.41. The summed E-state index contributed by atoms with van der Waals surface area (Å²) in [5.74, 6) is 4.48. The molecule has 18 heavy (non-hydrogen) atoms. The topological polar surface area (TPSA) is 72.5 Å². The Kier molecular flexibility index (Phi) is 3.28. The molecule has 94 valence electrons. The molecule has 0 radical (unpaired) electrons. The van der Waals surface area contributed by atoms with Crippen LogP contribution < -0.4 is 5.84 Å². The van der Waals surface area contributed by atoms with Crippen molar-refractivity contribution in [2.24, 2.45) is 22.8 Å². The molecule has 0 saturated carbocycles. The quantitative estimate of drug-likeness (QED) is 0.383. The number of Topliss-reactive ketones (excluding diaryl/α,β-unsaturated/α-hetero) is 2. The van der Waals surface area contributed by atoms with E-state index in [-0.39, 0.29) is 11.6 Å². The van der Waals surface area contributed by atoms with Gasteiger partial charge >= 0.3 is 0 Å². The molecule has 1 aliphatic rings. The Bertz CT molecular complexity index is 497. The normalized spacial score (nSPS) is 16.5. The van der Waals surface area contributed by atoms with Gasteiger partial charge in [0.1, 0.15) is 5.92 Å². The van der Waals surface area contributed by atoms with Gasteiger partial charge in [-0.25, -0.2) is 0 Å². The largest absolute Gasteiger partial charge is 0.323 e. The van der Waals surface area contributed by atoms with Gasteiger partial charge in [-0.05, 0) is 12.3 Å². The van der Waals surface area contributed by atoms with E-state index in [2.05, 4.69) is 5.10 Å². The van der Waals surface area contributed by atoms with Crippen molar-refractivity contribution in [2.75, 3.05) is 0 Å². The van der Waals surface area contributed by atoms with Crippen molar-refractivity contribution < 1.29 is 9.59 Å². The molecule has 0 aromatic heterocycles. The van der Waals surface area contributed by atoms with Crippen LogP contribution >= 0.6 is 0 Å². The van der Waals surface area contributed by atoms with Crippen LogP contribution in [0, 0.1) is 11.8 Å². The summed E-state index contributed by atoms with van der Waals surface area (Å²) in [6, 6.07) is 6.88. The number of nitrogens with two attached hydrogens (primary N) is 1. The third kappa shape index (κ3) is 1.94. The first-order valence-electron chi connectivity index (χ1n) is 6.00. The zero-order valence-corrected chi connectivity index (χ0v) is 10.5. The molecule has 0 bridgehead atoms. The summed E-state index contributed by atoms with van der Waals surface area (Å²) in [5.41, 5.74) is 1.45. The second-order valence-electron chi connectivity index (χ2n) is 4.93. The fourth-order valence-electron chi connectivity index (χ4n) is 2.31. The lowest BCUT2D eigenvalue weighted by Crippen LogP contribution is -2.27. The van der Waals surface area contributed by atoms with Crippen molar-refractivity contribution in [1.82, 2.24) is 0 Å². The lowest BCUT2D eigenvalue weighted by Gasteiger charge is -2.12. The fourth-order valence-corrected chi connectivity index (χ4v) is 2.31. The minimum atomic E-state index is -0.810. The van der Waals surface area contributed by atoms with Crippen molar-refractivity contribution in [3.05, 3.63) is 35.4 Å². The van der Waals surface area contributed by atoms with E-state index in [0.717, 1.165) is 0 Å². The van der Waals surface area contributed by atoms with Gasteiger partial charge in [-0.15, -0.1) is 0 Å². The lowest BCUT2D eigenvalue weighted by atomic mass is 9.91. The minimum absolute atomic E-state index is 0.180. The van der Waals surface area contributed by atoms with E-state index in [1.807, 2.05) is 13.8 Å². The van der Waals surface area contributed by atoms with Crippen LogP contribution in [-0.2, 0) is 0 Å². The average molecular weight is 244 g/mol. The molecule has 0 aliphatic heterocycles. The Balaban J connectivity index is 2.39. The van der Waals surface area contributed by atoms with Crippen molar-refractivity contribution in [3.63, 3.8) is 0 Å². The molecular formula is C14H16N2O2. The van der Waals surface area contributed by atoms with Crippen LogP contribution in [0.25, 0.3) is 0 Å². The van der Waals surface area contributed by atoms with Crippen LogP contribution in [0.1, 0.15) is 41.0 Å². The summed E-state index contributed by atoms with van der Waals surface area (Å²) in [5, 5.41) is 3.67. The number of carbonyl (C=O) groups excluding carboxylic acids is 2. The minimum Gasteiger partial charge on any atom is -0.323 e. The van der Waals surface area contributed by atoms with Gasteiger partial charge in [0.25, 0.3) is 0 Å². The summed E-state index contributed by atoms with van der Waals surface area (Å²) in [7, 11) is 0. The van der Waals surface area contributed by atoms with Crippen LogP contribution in [0.2, 0.25) is 0 Å². The Labute approximate surface area is 106 Å². The molecule has 0 heterocycles. The number of hydrazone groups is 1. The lowest BCUT2D eigenvalue weighted by molar-refractivity contribution is 0.0882. The Morgan fingerprint density at radius 3 is 2.11 bits per heavy atom. The molecule has 0 amide bonds. The van der Waals surface area contributed by atoms with Gasteiger partial charge in [0, 0.05) is 11.1 Å². The molecule has 2 N–H and O–H groups in total. The number of carbonyl (C=O) groups is 2. The predicted octanol–water partition coefficient (Wildman–Crippen LogP) is 2.04. The number of nitrogens with zero attached hydrogens (tertiary/aromatic N) is 1. The maximum absolute atomic E-state index is 12.2. The number of hydrogen-bond donors (Lipinski definition) is 1. The number of hydrogen-bond acceptors (Lipinski definition) is 4. The van der Waals surface area contributed by atoms with E-state index < -0.39 is 5.92 Å². The highest BCUT2D eigenvalue weighted by Crippen LogP contribution is 2.29. The highest BCUT2D eigenvalue weighted by molar-refractivity contribution is 6.36. The van der Waals surface area contributed by atoms with Crippen LogP contribution in [0.5, 0.6) is 0 Å². The van der Waals surface area contributed by atoms with Gasteiger partial charge < -0.3 is 5.84 Å². The molecular weight excluding hydrogens is 228 g/mol. The third-order valence-electron chi connectivity index (χ3n) is 3.10. The first kappa shape index (κ1) is 12.5. The summed E-state index contributed by atoms with van der Waals surface area (Å²) >= 11 is 0. The van der Waals surface area contributed by atoms with Crippen molar-refractivity contribution >= 4 is 17.3 Å². The van der Waals surface area contributed by atoms with E-state index in [9.17, 15) is 9.59 Å². The molecule has 2 rings (SSSR count). The van der Waals surface area contributed by atoms with E-state index in [0.29, 0.717) is 29.2 Å². The van der Waals surface area contributed by atoms with Crippen LogP contribution in [0.4, 0.5) is 0 Å². The molecule has 4 nitrogen and oxygen atoms in total. The van der Waals surface area contributed by atoms with Gasteiger partial charge in [0.15, 0.2) is 11.6 Å². The Morgan fingerprint density at radius 1 is 1.22 bits per heavy atom. The third-order valence-corrected chi connectivity index (χ3v) is 3.10. The molecule has 4 heteroatoms. The molecule has 1 aromatic rings. The molecule has 0 unspecified atom stereocenters. The SMILES string of the molecule is CC(C)C/C(=N\N)C1C(=O)c2ccccc2C1=O. The molecule has 1 aromatic carbocycles. The van der Waals surface area contributed by atoms with Crippen LogP contribution in [-0.4, -0.2) is 17.3 Å². The fraction of sp³-hybridized carbons (Fsp3) is 0.357. The van der Waals surface area contributed by atoms with E-state index in [4.69, 9.17) is 5.84 Å². The summed E-state index contributed by atoms with van der Waals surface area (Å²) in [6.07, 6.45) is 0.562. The number of fused-ring (bicyclic) bond motifs is 1. The van der Waals surface area contributed by atoms with E-state index in [1.54, 1.807) is 24.3 Å². The van der Waals surface area contributed by atoms with Crippen molar-refractivity contribution in [1.29, 1.82) is 0 Å². The monoisotopic (exact) mass is 244 g/mol. The molecule has 1 aliphatic carbocycles. The molecule has 0 fully saturated rings. The van der Waals surface area contributed by atoms with Crippen LogP contribution in [0.3, 0.4) is 0 Å². The molecule has 0 spiro atoms. The summed E-state index contributed by atoms with van der Waals surface area (Å²) < 4.78 is 0. The summed E-state index contributed by atoms with van der Waals surface area (Å²) in [6.45, 7) is 4.00. The van der Waals surface area contributed by atoms with Gasteiger partial charge in [-0.1, -0.05) is 38.1 Å². The summed E-state index contributed by atoms with van der Waals surface area (Å²) in [4.78, 5) is 24.5. The van der Waals surface area contributed by atoms with Crippen LogP contribution in [0.15, 0.2) is 29.4 Å². The van der Waals surface area contributed by atoms with Gasteiger partial charge in [-0.3, -0.25) is 9.59 Å².